The van der Waals surface area contributed by atoms with E-state index in [0.717, 1.165) is 23.0 Å². The van der Waals surface area contributed by atoms with Crippen molar-refractivity contribution in [1.29, 1.82) is 0 Å². The molecule has 0 heterocycles. The van der Waals surface area contributed by atoms with Crippen molar-refractivity contribution < 1.29 is 9.90 Å². The van der Waals surface area contributed by atoms with Crippen molar-refractivity contribution in [1.82, 2.24) is 0 Å². The Morgan fingerprint density at radius 3 is 2.44 bits per heavy atom. The van der Waals surface area contributed by atoms with E-state index in [1.165, 1.54) is 0 Å². The summed E-state index contributed by atoms with van der Waals surface area (Å²) in [6.07, 6.45) is 1.36. The molecule has 2 heteroatoms. The Morgan fingerprint density at radius 1 is 1.31 bits per heavy atom. The van der Waals surface area contributed by atoms with Crippen molar-refractivity contribution in [2.75, 3.05) is 0 Å². The van der Waals surface area contributed by atoms with Crippen LogP contribution in [0.4, 0.5) is 0 Å². The average Bonchev–Trinajstić information content (AvgIpc) is 2.17. The highest BCUT2D eigenvalue weighted by molar-refractivity contribution is 5.55. The zero-order valence-corrected chi connectivity index (χ0v) is 10.4. The van der Waals surface area contributed by atoms with E-state index < -0.39 is 0 Å². The first-order valence-electron chi connectivity index (χ1n) is 5.75. The molecule has 0 spiro atoms. The van der Waals surface area contributed by atoms with Gasteiger partial charge in [-0.1, -0.05) is 32.9 Å². The van der Waals surface area contributed by atoms with Crippen molar-refractivity contribution in [3.63, 3.8) is 0 Å². The van der Waals surface area contributed by atoms with Crippen LogP contribution in [-0.2, 0) is 4.79 Å². The Bertz CT molecular complexity index is 381. The lowest BCUT2D eigenvalue weighted by atomic mass is 9.88. The molecular weight excluding hydrogens is 200 g/mol. The number of hydrogen-bond donors (Lipinski definition) is 1. The van der Waals surface area contributed by atoms with Gasteiger partial charge < -0.3 is 9.90 Å². The number of aromatic hydroxyl groups is 1. The largest absolute Gasteiger partial charge is 0.507 e. The minimum Gasteiger partial charge on any atom is -0.507 e. The molecule has 1 N–H and O–H groups in total. The number of hydrogen-bond acceptors (Lipinski definition) is 2. The van der Waals surface area contributed by atoms with Gasteiger partial charge in [0.2, 0.25) is 0 Å². The van der Waals surface area contributed by atoms with Crippen LogP contribution in [0.1, 0.15) is 55.7 Å². The third-order valence-corrected chi connectivity index (χ3v) is 3.03. The van der Waals surface area contributed by atoms with Crippen LogP contribution >= 0.6 is 0 Å². The second-order valence-electron chi connectivity index (χ2n) is 4.69. The zero-order chi connectivity index (χ0) is 12.3. The van der Waals surface area contributed by atoms with Gasteiger partial charge in [-0.15, -0.1) is 0 Å². The first-order valence-corrected chi connectivity index (χ1v) is 5.75. The quantitative estimate of drug-likeness (QED) is 0.788. The highest BCUT2D eigenvalue weighted by Crippen LogP contribution is 2.36. The van der Waals surface area contributed by atoms with Crippen LogP contribution < -0.4 is 0 Å². The molecule has 88 valence electrons. The SMILES string of the molecule is Cc1ccc(C(C)C)c(O)c1C(C)CC=O. The number of phenols is 1. The fraction of sp³-hybridized carbons (Fsp3) is 0.500. The smallest absolute Gasteiger partial charge is 0.122 e. The molecular formula is C14H20O2. The number of rotatable bonds is 4. The second-order valence-corrected chi connectivity index (χ2v) is 4.69. The van der Waals surface area contributed by atoms with Gasteiger partial charge in [0.1, 0.15) is 12.0 Å². The Labute approximate surface area is 97.3 Å². The summed E-state index contributed by atoms with van der Waals surface area (Å²) in [6, 6.07) is 3.98. The topological polar surface area (TPSA) is 37.3 Å². The fourth-order valence-corrected chi connectivity index (χ4v) is 2.08. The lowest BCUT2D eigenvalue weighted by molar-refractivity contribution is -0.108. The summed E-state index contributed by atoms with van der Waals surface area (Å²) in [5.74, 6) is 0.739. The maximum Gasteiger partial charge on any atom is 0.122 e. The van der Waals surface area contributed by atoms with Gasteiger partial charge in [0, 0.05) is 12.0 Å². The van der Waals surface area contributed by atoms with E-state index in [0.29, 0.717) is 18.1 Å². The lowest BCUT2D eigenvalue weighted by Crippen LogP contribution is -2.01. The Hall–Kier alpha value is -1.31. The molecule has 0 radical (unpaired) electrons. The predicted molar refractivity (Wildman–Crippen MR) is 66.0 cm³/mol. The summed E-state index contributed by atoms with van der Waals surface area (Å²) in [6.45, 7) is 8.05. The molecule has 0 saturated heterocycles. The molecule has 1 rings (SSSR count). The molecule has 0 aliphatic heterocycles. The van der Waals surface area contributed by atoms with Gasteiger partial charge in [0.05, 0.1) is 0 Å². The first-order chi connectivity index (χ1) is 7.49. The van der Waals surface area contributed by atoms with Crippen LogP contribution in [0, 0.1) is 6.92 Å². The van der Waals surface area contributed by atoms with Crippen molar-refractivity contribution in [2.24, 2.45) is 0 Å². The van der Waals surface area contributed by atoms with Crippen LogP contribution in [0.15, 0.2) is 12.1 Å². The van der Waals surface area contributed by atoms with Crippen molar-refractivity contribution >= 4 is 6.29 Å². The molecule has 1 aromatic rings. The molecule has 2 nitrogen and oxygen atoms in total. The summed E-state index contributed by atoms with van der Waals surface area (Å²) in [5, 5.41) is 10.2. The Balaban J connectivity index is 3.25. The number of aryl methyl sites for hydroxylation is 1. The normalized spacial score (nSPS) is 12.8. The number of carbonyl (C=O) groups is 1. The highest BCUT2D eigenvalue weighted by Gasteiger charge is 2.17. The van der Waals surface area contributed by atoms with Gasteiger partial charge in [0.25, 0.3) is 0 Å². The number of aldehydes is 1. The molecule has 0 aliphatic carbocycles. The van der Waals surface area contributed by atoms with Crippen molar-refractivity contribution in [2.45, 2.75) is 46.0 Å². The van der Waals surface area contributed by atoms with E-state index in [-0.39, 0.29) is 5.92 Å². The maximum atomic E-state index is 10.5. The van der Waals surface area contributed by atoms with Crippen molar-refractivity contribution in [3.8, 4) is 5.75 Å². The zero-order valence-electron chi connectivity index (χ0n) is 10.4. The third-order valence-electron chi connectivity index (χ3n) is 3.03. The molecule has 0 fully saturated rings. The third kappa shape index (κ3) is 2.43. The van der Waals surface area contributed by atoms with E-state index >= 15 is 0 Å². The summed E-state index contributed by atoms with van der Waals surface area (Å²) >= 11 is 0. The standard InChI is InChI=1S/C14H20O2/c1-9(2)12-6-5-10(3)13(14(12)16)11(4)7-8-15/h5-6,8-9,11,16H,7H2,1-4H3. The van der Waals surface area contributed by atoms with E-state index in [1.807, 2.05) is 26.0 Å². The van der Waals surface area contributed by atoms with Crippen LogP contribution in [0.5, 0.6) is 5.75 Å². The summed E-state index contributed by atoms with van der Waals surface area (Å²) in [4.78, 5) is 10.5. The van der Waals surface area contributed by atoms with Crippen LogP contribution in [-0.4, -0.2) is 11.4 Å². The molecule has 0 amide bonds. The van der Waals surface area contributed by atoms with E-state index in [2.05, 4.69) is 13.8 Å². The molecule has 0 saturated carbocycles. The average molecular weight is 220 g/mol. The number of phenolic OH excluding ortho intramolecular Hbond substituents is 1. The minimum absolute atomic E-state index is 0.0798. The minimum atomic E-state index is 0.0798. The van der Waals surface area contributed by atoms with Crippen LogP contribution in [0.2, 0.25) is 0 Å². The van der Waals surface area contributed by atoms with Gasteiger partial charge in [-0.3, -0.25) is 0 Å². The van der Waals surface area contributed by atoms with E-state index in [4.69, 9.17) is 0 Å². The lowest BCUT2D eigenvalue weighted by Gasteiger charge is -2.18. The molecule has 1 unspecified atom stereocenters. The van der Waals surface area contributed by atoms with Gasteiger partial charge in [-0.2, -0.15) is 0 Å². The monoisotopic (exact) mass is 220 g/mol. The summed E-state index contributed by atoms with van der Waals surface area (Å²) < 4.78 is 0. The fourth-order valence-electron chi connectivity index (χ4n) is 2.08. The molecule has 1 aromatic carbocycles. The second kappa shape index (κ2) is 5.15. The molecule has 16 heavy (non-hydrogen) atoms. The molecule has 0 bridgehead atoms. The molecule has 0 aromatic heterocycles. The van der Waals surface area contributed by atoms with Gasteiger partial charge in [0.15, 0.2) is 0 Å². The first kappa shape index (κ1) is 12.8. The summed E-state index contributed by atoms with van der Waals surface area (Å²) in [5.41, 5.74) is 2.92. The highest BCUT2D eigenvalue weighted by atomic mass is 16.3. The number of benzene rings is 1. The van der Waals surface area contributed by atoms with Gasteiger partial charge in [-0.05, 0) is 29.9 Å². The number of carbonyl (C=O) groups excluding carboxylic acids is 1. The Morgan fingerprint density at radius 2 is 1.94 bits per heavy atom. The predicted octanol–water partition coefficient (Wildman–Crippen LogP) is 3.52. The molecule has 0 aliphatic rings. The van der Waals surface area contributed by atoms with Gasteiger partial charge >= 0.3 is 0 Å². The van der Waals surface area contributed by atoms with Crippen molar-refractivity contribution in [3.05, 3.63) is 28.8 Å². The maximum absolute atomic E-state index is 10.5. The summed E-state index contributed by atoms with van der Waals surface area (Å²) in [7, 11) is 0. The molecule has 1 atom stereocenters. The van der Waals surface area contributed by atoms with E-state index in [1.54, 1.807) is 0 Å². The van der Waals surface area contributed by atoms with Crippen LogP contribution in [0.3, 0.4) is 0 Å². The van der Waals surface area contributed by atoms with Crippen LogP contribution in [0.25, 0.3) is 0 Å². The van der Waals surface area contributed by atoms with Gasteiger partial charge in [-0.25, -0.2) is 0 Å². The van der Waals surface area contributed by atoms with E-state index in [9.17, 15) is 9.90 Å². The Kier molecular flexibility index (Phi) is 4.11.